The molecular weight excluding hydrogens is 302 g/mol. The van der Waals surface area contributed by atoms with E-state index in [1.54, 1.807) is 12.4 Å². The maximum absolute atomic E-state index is 8.71. The van der Waals surface area contributed by atoms with Crippen LogP contribution in [0.3, 0.4) is 0 Å². The van der Waals surface area contributed by atoms with Gasteiger partial charge in [-0.2, -0.15) is 5.26 Å². The van der Waals surface area contributed by atoms with Crippen molar-refractivity contribution in [1.29, 1.82) is 5.26 Å². The fourth-order valence-electron chi connectivity index (χ4n) is 1.96. The molecule has 0 unspecified atom stereocenters. The lowest BCUT2D eigenvalue weighted by Gasteiger charge is -2.06. The molecular formula is C15H8BrN3. The Morgan fingerprint density at radius 3 is 2.26 bits per heavy atom. The van der Waals surface area contributed by atoms with Gasteiger partial charge in [-0.15, -0.1) is 0 Å². The fourth-order valence-corrected chi connectivity index (χ4v) is 2.55. The zero-order chi connectivity index (χ0) is 13.2. The molecule has 2 aromatic carbocycles. The normalized spacial score (nSPS) is 10.3. The van der Waals surface area contributed by atoms with E-state index in [2.05, 4.69) is 50.2 Å². The van der Waals surface area contributed by atoms with E-state index in [-0.39, 0.29) is 5.82 Å². The van der Waals surface area contributed by atoms with Gasteiger partial charge in [0.2, 0.25) is 5.82 Å². The Labute approximate surface area is 118 Å². The van der Waals surface area contributed by atoms with Crippen LogP contribution in [-0.4, -0.2) is 9.97 Å². The van der Waals surface area contributed by atoms with E-state index < -0.39 is 0 Å². The van der Waals surface area contributed by atoms with Crippen LogP contribution in [0.1, 0.15) is 5.82 Å². The minimum atomic E-state index is 0.181. The molecule has 3 aromatic rings. The number of nitriles is 1. The van der Waals surface area contributed by atoms with Crippen LogP contribution in [0.2, 0.25) is 0 Å². The Bertz CT molecular complexity index is 789. The second-order valence-corrected chi connectivity index (χ2v) is 4.94. The summed E-state index contributed by atoms with van der Waals surface area (Å²) in [6.07, 6.45) is 3.33. The third-order valence-corrected chi connectivity index (χ3v) is 3.55. The van der Waals surface area contributed by atoms with Crippen molar-refractivity contribution in [2.24, 2.45) is 0 Å². The Morgan fingerprint density at radius 2 is 1.63 bits per heavy atom. The van der Waals surface area contributed by atoms with Crippen LogP contribution in [0.4, 0.5) is 0 Å². The zero-order valence-electron chi connectivity index (χ0n) is 9.84. The van der Waals surface area contributed by atoms with E-state index in [4.69, 9.17) is 5.26 Å². The number of nitrogens with zero attached hydrogens (tertiary/aromatic N) is 3. The first-order valence-corrected chi connectivity index (χ1v) is 6.48. The van der Waals surface area contributed by atoms with Gasteiger partial charge in [-0.3, -0.25) is 0 Å². The highest BCUT2D eigenvalue weighted by Crippen LogP contribution is 2.31. The topological polar surface area (TPSA) is 49.6 Å². The molecule has 1 heterocycles. The van der Waals surface area contributed by atoms with Gasteiger partial charge in [0, 0.05) is 22.4 Å². The number of rotatable bonds is 1. The third kappa shape index (κ3) is 2.20. The van der Waals surface area contributed by atoms with Crippen molar-refractivity contribution in [3.63, 3.8) is 0 Å². The Kier molecular flexibility index (Phi) is 2.98. The summed E-state index contributed by atoms with van der Waals surface area (Å²) in [6.45, 7) is 0. The van der Waals surface area contributed by atoms with Crippen molar-refractivity contribution in [3.05, 3.63) is 59.1 Å². The van der Waals surface area contributed by atoms with E-state index in [0.717, 1.165) is 21.0 Å². The molecule has 0 fully saturated rings. The number of fused-ring (bicyclic) bond motifs is 1. The van der Waals surface area contributed by atoms with Crippen LogP contribution >= 0.6 is 15.9 Å². The lowest BCUT2D eigenvalue weighted by molar-refractivity contribution is 1.12. The van der Waals surface area contributed by atoms with Crippen molar-refractivity contribution in [2.75, 3.05) is 0 Å². The Balaban J connectivity index is 2.18. The summed E-state index contributed by atoms with van der Waals surface area (Å²) in [5.41, 5.74) is 1.90. The molecule has 0 radical (unpaired) electrons. The molecule has 1 aromatic heterocycles. The molecule has 4 heteroatoms. The number of benzene rings is 2. The number of hydrogen-bond acceptors (Lipinski definition) is 3. The molecule has 0 aliphatic rings. The van der Waals surface area contributed by atoms with E-state index in [1.165, 1.54) is 5.39 Å². The lowest BCUT2D eigenvalue weighted by Crippen LogP contribution is -1.89. The average Bonchev–Trinajstić information content (AvgIpc) is 2.47. The molecule has 0 atom stereocenters. The first-order chi connectivity index (χ1) is 9.28. The minimum absolute atomic E-state index is 0.181. The second-order valence-electron chi connectivity index (χ2n) is 4.09. The van der Waals surface area contributed by atoms with Crippen LogP contribution in [0.25, 0.3) is 21.9 Å². The molecule has 19 heavy (non-hydrogen) atoms. The largest absolute Gasteiger partial charge is 0.232 e. The maximum Gasteiger partial charge on any atom is 0.232 e. The van der Waals surface area contributed by atoms with Gasteiger partial charge < -0.3 is 0 Å². The van der Waals surface area contributed by atoms with Gasteiger partial charge in [-0.05, 0) is 28.5 Å². The summed E-state index contributed by atoms with van der Waals surface area (Å²) < 4.78 is 0.986. The van der Waals surface area contributed by atoms with E-state index in [1.807, 2.05) is 18.2 Å². The molecule has 0 saturated carbocycles. The summed E-state index contributed by atoms with van der Waals surface area (Å²) in [5.74, 6) is 0.181. The van der Waals surface area contributed by atoms with Gasteiger partial charge in [-0.1, -0.05) is 40.2 Å². The zero-order valence-corrected chi connectivity index (χ0v) is 11.4. The predicted octanol–water partition coefficient (Wildman–Crippen LogP) is 3.93. The van der Waals surface area contributed by atoms with Crippen molar-refractivity contribution in [2.45, 2.75) is 0 Å². The summed E-state index contributed by atoms with van der Waals surface area (Å²) in [5, 5.41) is 11.0. The van der Waals surface area contributed by atoms with Crippen LogP contribution in [0.15, 0.2) is 53.3 Å². The number of hydrogen-bond donors (Lipinski definition) is 0. The minimum Gasteiger partial charge on any atom is -0.227 e. The van der Waals surface area contributed by atoms with Crippen LogP contribution in [0.5, 0.6) is 0 Å². The average molecular weight is 310 g/mol. The predicted molar refractivity (Wildman–Crippen MR) is 77.4 cm³/mol. The van der Waals surface area contributed by atoms with Gasteiger partial charge >= 0.3 is 0 Å². The van der Waals surface area contributed by atoms with Crippen LogP contribution in [-0.2, 0) is 0 Å². The highest BCUT2D eigenvalue weighted by Gasteiger charge is 2.06. The Morgan fingerprint density at radius 1 is 1.00 bits per heavy atom. The van der Waals surface area contributed by atoms with Crippen molar-refractivity contribution in [3.8, 4) is 17.2 Å². The van der Waals surface area contributed by atoms with Gasteiger partial charge in [-0.25, -0.2) is 9.97 Å². The molecule has 3 nitrogen and oxygen atoms in total. The second kappa shape index (κ2) is 4.79. The van der Waals surface area contributed by atoms with E-state index in [9.17, 15) is 0 Å². The molecule has 90 valence electrons. The van der Waals surface area contributed by atoms with Crippen LogP contribution < -0.4 is 0 Å². The number of halogens is 1. The lowest BCUT2D eigenvalue weighted by atomic mass is 10.0. The molecule has 0 aliphatic carbocycles. The maximum atomic E-state index is 8.71. The Hall–Kier alpha value is -2.25. The molecule has 0 bridgehead atoms. The fraction of sp³-hybridized carbons (Fsp3) is 0. The molecule has 0 amide bonds. The molecule has 0 spiro atoms. The monoisotopic (exact) mass is 309 g/mol. The standard InChI is InChI=1S/C15H8BrN3/c16-14-6-11-4-2-1-3-10(11)5-13(14)12-8-18-15(7-17)19-9-12/h1-6,8-9H. The first-order valence-electron chi connectivity index (χ1n) is 5.69. The van der Waals surface area contributed by atoms with Gasteiger partial charge in [0.05, 0.1) is 0 Å². The van der Waals surface area contributed by atoms with Crippen molar-refractivity contribution < 1.29 is 0 Å². The quantitative estimate of drug-likeness (QED) is 0.684. The summed E-state index contributed by atoms with van der Waals surface area (Å²) in [4.78, 5) is 8.00. The highest BCUT2D eigenvalue weighted by atomic mass is 79.9. The smallest absolute Gasteiger partial charge is 0.227 e. The number of aromatic nitrogens is 2. The van der Waals surface area contributed by atoms with Gasteiger partial charge in [0.1, 0.15) is 6.07 Å². The van der Waals surface area contributed by atoms with E-state index >= 15 is 0 Å². The highest BCUT2D eigenvalue weighted by molar-refractivity contribution is 9.10. The molecule has 0 aliphatic heterocycles. The summed E-state index contributed by atoms with van der Waals surface area (Å²) >= 11 is 3.57. The summed E-state index contributed by atoms with van der Waals surface area (Å²) in [6, 6.07) is 14.2. The van der Waals surface area contributed by atoms with Gasteiger partial charge in [0.25, 0.3) is 0 Å². The molecule has 0 saturated heterocycles. The van der Waals surface area contributed by atoms with Crippen LogP contribution in [0, 0.1) is 11.3 Å². The van der Waals surface area contributed by atoms with E-state index in [0.29, 0.717) is 0 Å². The molecule has 0 N–H and O–H groups in total. The van der Waals surface area contributed by atoms with Crippen molar-refractivity contribution >= 4 is 26.7 Å². The summed E-state index contributed by atoms with van der Waals surface area (Å²) in [7, 11) is 0. The molecule has 3 rings (SSSR count). The SMILES string of the molecule is N#Cc1ncc(-c2cc3ccccc3cc2Br)cn1. The first kappa shape index (κ1) is 11.8. The van der Waals surface area contributed by atoms with Crippen molar-refractivity contribution in [1.82, 2.24) is 9.97 Å². The third-order valence-electron chi connectivity index (χ3n) is 2.90. The van der Waals surface area contributed by atoms with Gasteiger partial charge in [0.15, 0.2) is 0 Å².